The molecule has 0 aliphatic carbocycles. The molecule has 3 rings (SSSR count). The average Bonchev–Trinajstić information content (AvgIpc) is 3.01. The fourth-order valence-corrected chi connectivity index (χ4v) is 3.57. The standard InChI is InChI=1S/C20H14ClF3N2O4S/c21-15-5-4-12(10-14(15)20(22,23)24)25-19-26-18(29)16(31-19)9-11-2-1-3-13(8-11)30-7-6-17(27)28/h1-5,8-10H,6-7H2,(H,27,28)(H,25,26,29)/b16-9+. The van der Waals surface area contributed by atoms with Crippen LogP contribution < -0.4 is 10.1 Å². The molecule has 0 radical (unpaired) electrons. The number of ether oxygens (including phenoxy) is 1. The van der Waals surface area contributed by atoms with Crippen LogP contribution >= 0.6 is 23.4 Å². The van der Waals surface area contributed by atoms with Gasteiger partial charge in [0.25, 0.3) is 5.91 Å². The number of benzene rings is 2. The number of thioether (sulfide) groups is 1. The van der Waals surface area contributed by atoms with Crippen LogP contribution in [0.2, 0.25) is 5.02 Å². The van der Waals surface area contributed by atoms with Crippen molar-refractivity contribution in [1.82, 2.24) is 5.32 Å². The van der Waals surface area contributed by atoms with Gasteiger partial charge in [-0.3, -0.25) is 9.59 Å². The first-order chi connectivity index (χ1) is 14.6. The first-order valence-electron chi connectivity index (χ1n) is 8.73. The number of alkyl halides is 3. The van der Waals surface area contributed by atoms with Gasteiger partial charge in [-0.1, -0.05) is 23.7 Å². The fourth-order valence-electron chi connectivity index (χ4n) is 2.50. The van der Waals surface area contributed by atoms with E-state index in [1.165, 1.54) is 6.07 Å². The Kier molecular flexibility index (Phi) is 6.91. The van der Waals surface area contributed by atoms with Gasteiger partial charge < -0.3 is 15.2 Å². The SMILES string of the molecule is O=C(O)CCOc1cccc(/C=C2/SC(=Nc3ccc(Cl)c(C(F)(F)F)c3)NC2=O)c1. The predicted octanol–water partition coefficient (Wildman–Crippen LogP) is 5.10. The highest BCUT2D eigenvalue weighted by Crippen LogP contribution is 2.37. The predicted molar refractivity (Wildman–Crippen MR) is 111 cm³/mol. The number of carbonyl (C=O) groups excluding carboxylic acids is 1. The zero-order valence-corrected chi connectivity index (χ0v) is 17.1. The summed E-state index contributed by atoms with van der Waals surface area (Å²) in [5, 5.41) is 10.8. The van der Waals surface area contributed by atoms with Crippen molar-refractivity contribution in [2.45, 2.75) is 12.6 Å². The third kappa shape index (κ3) is 6.25. The molecule has 31 heavy (non-hydrogen) atoms. The Morgan fingerprint density at radius 1 is 1.26 bits per heavy atom. The summed E-state index contributed by atoms with van der Waals surface area (Å²) in [6.07, 6.45) is -3.21. The fraction of sp³-hybridized carbons (Fsp3) is 0.150. The van der Waals surface area contributed by atoms with Crippen molar-refractivity contribution < 1.29 is 32.6 Å². The van der Waals surface area contributed by atoms with Crippen molar-refractivity contribution in [3.8, 4) is 5.75 Å². The van der Waals surface area contributed by atoms with Gasteiger partial charge in [-0.05, 0) is 53.7 Å². The van der Waals surface area contributed by atoms with Gasteiger partial charge in [-0.15, -0.1) is 0 Å². The molecule has 1 amide bonds. The molecule has 2 aromatic carbocycles. The van der Waals surface area contributed by atoms with Gasteiger partial charge in [0.1, 0.15) is 5.75 Å². The Morgan fingerprint density at radius 3 is 2.74 bits per heavy atom. The second kappa shape index (κ2) is 9.44. The van der Waals surface area contributed by atoms with Gasteiger partial charge in [0.15, 0.2) is 5.17 Å². The van der Waals surface area contributed by atoms with Crippen molar-refractivity contribution in [2.24, 2.45) is 4.99 Å². The zero-order chi connectivity index (χ0) is 22.6. The molecule has 162 valence electrons. The number of aliphatic imine (C=N–C) groups is 1. The summed E-state index contributed by atoms with van der Waals surface area (Å²) in [5.74, 6) is -0.994. The molecular formula is C20H14ClF3N2O4S. The molecule has 6 nitrogen and oxygen atoms in total. The smallest absolute Gasteiger partial charge is 0.417 e. The van der Waals surface area contributed by atoms with Crippen molar-refractivity contribution >= 4 is 52.2 Å². The normalized spacial score (nSPS) is 16.6. The number of nitrogens with one attached hydrogen (secondary N) is 1. The van der Waals surface area contributed by atoms with E-state index in [2.05, 4.69) is 10.3 Å². The molecule has 0 spiro atoms. The van der Waals surface area contributed by atoms with Gasteiger partial charge in [-0.2, -0.15) is 13.2 Å². The maximum Gasteiger partial charge on any atom is 0.417 e. The summed E-state index contributed by atoms with van der Waals surface area (Å²) in [6.45, 7) is 0.00239. The van der Waals surface area contributed by atoms with Crippen LogP contribution in [0, 0.1) is 0 Å². The Bertz CT molecular complexity index is 1090. The summed E-state index contributed by atoms with van der Waals surface area (Å²) in [5.41, 5.74) is -0.395. The Hall–Kier alpha value is -2.98. The number of halogens is 4. The van der Waals surface area contributed by atoms with Crippen LogP contribution in [0.5, 0.6) is 5.75 Å². The molecule has 1 saturated heterocycles. The molecule has 0 unspecified atom stereocenters. The minimum absolute atomic E-state index is 0.00239. The summed E-state index contributed by atoms with van der Waals surface area (Å²) >= 11 is 6.57. The van der Waals surface area contributed by atoms with Crippen molar-refractivity contribution in [3.05, 3.63) is 63.5 Å². The number of aliphatic carboxylic acids is 1. The lowest BCUT2D eigenvalue weighted by molar-refractivity contribution is -0.138. The number of amidine groups is 1. The molecule has 1 aliphatic rings. The third-order valence-electron chi connectivity index (χ3n) is 3.88. The van der Waals surface area contributed by atoms with Crippen molar-refractivity contribution in [1.29, 1.82) is 0 Å². The second-order valence-corrected chi connectivity index (χ2v) is 7.65. The molecule has 2 aromatic rings. The molecule has 0 bridgehead atoms. The lowest BCUT2D eigenvalue weighted by Crippen LogP contribution is -2.19. The number of carboxylic acids is 1. The van der Waals surface area contributed by atoms with E-state index in [-0.39, 0.29) is 28.8 Å². The highest BCUT2D eigenvalue weighted by Gasteiger charge is 2.33. The lowest BCUT2D eigenvalue weighted by atomic mass is 10.2. The average molecular weight is 471 g/mol. The second-order valence-electron chi connectivity index (χ2n) is 6.21. The van der Waals surface area contributed by atoms with Crippen LogP contribution in [-0.2, 0) is 15.8 Å². The largest absolute Gasteiger partial charge is 0.493 e. The van der Waals surface area contributed by atoms with Gasteiger partial charge in [-0.25, -0.2) is 4.99 Å². The van der Waals surface area contributed by atoms with E-state index >= 15 is 0 Å². The van der Waals surface area contributed by atoms with Crippen LogP contribution in [0.4, 0.5) is 18.9 Å². The number of carboxylic acid groups (broad SMARTS) is 1. The van der Waals surface area contributed by atoms with E-state index in [4.69, 9.17) is 21.4 Å². The van der Waals surface area contributed by atoms with E-state index in [1.54, 1.807) is 30.3 Å². The minimum atomic E-state index is -4.62. The summed E-state index contributed by atoms with van der Waals surface area (Å²) in [6, 6.07) is 9.90. The molecule has 0 aromatic heterocycles. The van der Waals surface area contributed by atoms with Crippen molar-refractivity contribution in [2.75, 3.05) is 6.61 Å². The first-order valence-corrected chi connectivity index (χ1v) is 9.92. The molecule has 1 heterocycles. The quantitative estimate of drug-likeness (QED) is 0.573. The number of rotatable bonds is 6. The summed E-state index contributed by atoms with van der Waals surface area (Å²) < 4.78 is 44.4. The van der Waals surface area contributed by atoms with Gasteiger partial charge in [0.2, 0.25) is 0 Å². The molecule has 2 N–H and O–H groups in total. The van der Waals surface area contributed by atoms with Crippen molar-refractivity contribution in [3.63, 3.8) is 0 Å². The van der Waals surface area contributed by atoms with E-state index in [0.29, 0.717) is 11.3 Å². The number of carbonyl (C=O) groups is 2. The minimum Gasteiger partial charge on any atom is -0.493 e. The molecule has 11 heteroatoms. The molecule has 0 atom stereocenters. The number of nitrogens with zero attached hydrogens (tertiary/aromatic N) is 1. The summed E-state index contributed by atoms with van der Waals surface area (Å²) in [4.78, 5) is 27.1. The number of hydrogen-bond acceptors (Lipinski definition) is 5. The number of hydrogen-bond donors (Lipinski definition) is 2. The Labute approximate surface area is 183 Å². The van der Waals surface area contributed by atoms with E-state index in [9.17, 15) is 22.8 Å². The number of amides is 1. The van der Waals surface area contributed by atoms with Gasteiger partial charge in [0.05, 0.1) is 34.2 Å². The first kappa shape index (κ1) is 22.7. The van der Waals surface area contributed by atoms with Crippen LogP contribution in [0.15, 0.2) is 52.4 Å². The molecule has 1 fully saturated rings. The molecular weight excluding hydrogens is 457 g/mol. The van der Waals surface area contributed by atoms with E-state index in [1.807, 2.05) is 0 Å². The van der Waals surface area contributed by atoms with Crippen LogP contribution in [-0.4, -0.2) is 28.8 Å². The maximum atomic E-state index is 13.0. The van der Waals surface area contributed by atoms with Crippen LogP contribution in [0.1, 0.15) is 17.5 Å². The van der Waals surface area contributed by atoms with E-state index < -0.39 is 28.6 Å². The maximum absolute atomic E-state index is 13.0. The topological polar surface area (TPSA) is 88.0 Å². The van der Waals surface area contributed by atoms with E-state index in [0.717, 1.165) is 23.9 Å². The zero-order valence-electron chi connectivity index (χ0n) is 15.6. The monoisotopic (exact) mass is 470 g/mol. The molecule has 1 aliphatic heterocycles. The third-order valence-corrected chi connectivity index (χ3v) is 5.12. The highest BCUT2D eigenvalue weighted by atomic mass is 35.5. The van der Waals surface area contributed by atoms with Gasteiger partial charge >= 0.3 is 12.1 Å². The van der Waals surface area contributed by atoms with Crippen LogP contribution in [0.25, 0.3) is 6.08 Å². The van der Waals surface area contributed by atoms with Gasteiger partial charge in [0, 0.05) is 0 Å². The Balaban J connectivity index is 1.76. The van der Waals surface area contributed by atoms with Crippen LogP contribution in [0.3, 0.4) is 0 Å². The lowest BCUT2D eigenvalue weighted by Gasteiger charge is -2.09. The summed E-state index contributed by atoms with van der Waals surface area (Å²) in [7, 11) is 0. The Morgan fingerprint density at radius 2 is 2.03 bits per heavy atom. The molecule has 0 saturated carbocycles. The highest BCUT2D eigenvalue weighted by molar-refractivity contribution is 8.18.